The van der Waals surface area contributed by atoms with E-state index in [1.807, 2.05) is 54.3 Å². The summed E-state index contributed by atoms with van der Waals surface area (Å²) in [5.41, 5.74) is 2.96. The first kappa shape index (κ1) is 18.8. The number of carbonyl (C=O) groups is 1. The van der Waals surface area contributed by atoms with E-state index in [1.54, 1.807) is 7.11 Å². The van der Waals surface area contributed by atoms with E-state index in [4.69, 9.17) is 20.8 Å². The molecule has 1 aliphatic rings. The molecule has 1 aliphatic heterocycles. The summed E-state index contributed by atoms with van der Waals surface area (Å²) in [7, 11) is 1.66. The Hall–Kier alpha value is -2.50. The number of benzene rings is 2. The highest BCUT2D eigenvalue weighted by atomic mass is 35.5. The number of amides is 1. The third-order valence-corrected chi connectivity index (χ3v) is 5.41. The third kappa shape index (κ3) is 3.86. The predicted octanol–water partition coefficient (Wildman–Crippen LogP) is 4.36. The molecule has 146 valence electrons. The van der Waals surface area contributed by atoms with E-state index in [1.165, 1.54) is 0 Å². The fourth-order valence-corrected chi connectivity index (χ4v) is 3.84. The van der Waals surface area contributed by atoms with Crippen LogP contribution >= 0.6 is 11.6 Å². The van der Waals surface area contributed by atoms with E-state index in [-0.39, 0.29) is 5.91 Å². The van der Waals surface area contributed by atoms with E-state index in [9.17, 15) is 4.79 Å². The maximum Gasteiger partial charge on any atom is 0.289 e. The van der Waals surface area contributed by atoms with Crippen molar-refractivity contribution in [1.82, 2.24) is 9.80 Å². The topological polar surface area (TPSA) is 45.9 Å². The van der Waals surface area contributed by atoms with Crippen molar-refractivity contribution in [3.63, 3.8) is 0 Å². The van der Waals surface area contributed by atoms with Crippen molar-refractivity contribution in [3.05, 3.63) is 64.4 Å². The van der Waals surface area contributed by atoms with Crippen molar-refractivity contribution in [2.75, 3.05) is 33.3 Å². The SMILES string of the molecule is COc1ccc(Cl)cc1CN1CCN(C(=O)c2cc3cc(C)ccc3o2)CC1. The highest BCUT2D eigenvalue weighted by Crippen LogP contribution is 2.25. The van der Waals surface area contributed by atoms with Gasteiger partial charge in [-0.1, -0.05) is 23.2 Å². The fraction of sp³-hybridized carbons (Fsp3) is 0.318. The average molecular weight is 399 g/mol. The summed E-state index contributed by atoms with van der Waals surface area (Å²) >= 11 is 6.13. The zero-order valence-electron chi connectivity index (χ0n) is 16.1. The van der Waals surface area contributed by atoms with Crippen LogP contribution in [0.2, 0.25) is 5.02 Å². The number of furan rings is 1. The van der Waals surface area contributed by atoms with E-state index < -0.39 is 0 Å². The van der Waals surface area contributed by atoms with Crippen molar-refractivity contribution in [3.8, 4) is 5.75 Å². The van der Waals surface area contributed by atoms with Crippen LogP contribution < -0.4 is 4.74 Å². The molecule has 0 aliphatic carbocycles. The molecule has 1 fully saturated rings. The lowest BCUT2D eigenvalue weighted by atomic mass is 10.1. The van der Waals surface area contributed by atoms with Gasteiger partial charge in [-0.15, -0.1) is 0 Å². The Morgan fingerprint density at radius 2 is 1.89 bits per heavy atom. The van der Waals surface area contributed by atoms with Gasteiger partial charge >= 0.3 is 0 Å². The number of hydrogen-bond acceptors (Lipinski definition) is 4. The molecule has 0 atom stereocenters. The van der Waals surface area contributed by atoms with Crippen molar-refractivity contribution in [2.45, 2.75) is 13.5 Å². The monoisotopic (exact) mass is 398 g/mol. The normalized spacial score (nSPS) is 15.2. The number of piperazine rings is 1. The number of fused-ring (bicyclic) bond motifs is 1. The number of carbonyl (C=O) groups excluding carboxylic acids is 1. The van der Waals surface area contributed by atoms with Crippen LogP contribution in [0.3, 0.4) is 0 Å². The molecule has 1 amide bonds. The van der Waals surface area contributed by atoms with E-state index in [0.717, 1.165) is 47.5 Å². The lowest BCUT2D eigenvalue weighted by molar-refractivity contribution is 0.0599. The van der Waals surface area contributed by atoms with E-state index >= 15 is 0 Å². The molecule has 0 N–H and O–H groups in total. The van der Waals surface area contributed by atoms with Gasteiger partial charge in [0.1, 0.15) is 11.3 Å². The molecular weight excluding hydrogens is 376 g/mol. The summed E-state index contributed by atoms with van der Waals surface area (Å²) in [6.07, 6.45) is 0. The van der Waals surface area contributed by atoms with Gasteiger partial charge in [0, 0.05) is 48.7 Å². The smallest absolute Gasteiger partial charge is 0.289 e. The summed E-state index contributed by atoms with van der Waals surface area (Å²) in [6.45, 7) is 5.69. The quantitative estimate of drug-likeness (QED) is 0.655. The molecular formula is C22H23ClN2O3. The Labute approximate surface area is 169 Å². The van der Waals surface area contributed by atoms with Gasteiger partial charge < -0.3 is 14.1 Å². The van der Waals surface area contributed by atoms with Gasteiger partial charge in [-0.3, -0.25) is 9.69 Å². The second-order valence-corrected chi connectivity index (χ2v) is 7.61. The second kappa shape index (κ2) is 7.86. The summed E-state index contributed by atoms with van der Waals surface area (Å²) in [5, 5.41) is 1.67. The van der Waals surface area contributed by atoms with Gasteiger partial charge in [0.05, 0.1) is 7.11 Å². The van der Waals surface area contributed by atoms with Crippen LogP contribution in [0.25, 0.3) is 11.0 Å². The van der Waals surface area contributed by atoms with E-state index in [2.05, 4.69) is 4.90 Å². The first-order valence-electron chi connectivity index (χ1n) is 9.38. The number of hydrogen-bond donors (Lipinski definition) is 0. The van der Waals surface area contributed by atoms with Crippen LogP contribution in [-0.4, -0.2) is 49.0 Å². The highest BCUT2D eigenvalue weighted by Gasteiger charge is 2.25. The van der Waals surface area contributed by atoms with Gasteiger partial charge in [0.15, 0.2) is 5.76 Å². The van der Waals surface area contributed by atoms with Gasteiger partial charge in [-0.05, 0) is 43.3 Å². The second-order valence-electron chi connectivity index (χ2n) is 7.18. The van der Waals surface area contributed by atoms with Gasteiger partial charge in [-0.2, -0.15) is 0 Å². The lowest BCUT2D eigenvalue weighted by Crippen LogP contribution is -2.48. The molecule has 0 spiro atoms. The zero-order chi connectivity index (χ0) is 19.7. The van der Waals surface area contributed by atoms with Gasteiger partial charge in [0.2, 0.25) is 0 Å². The molecule has 0 saturated carbocycles. The molecule has 0 bridgehead atoms. The molecule has 4 rings (SSSR count). The summed E-state index contributed by atoms with van der Waals surface area (Å²) in [6, 6.07) is 13.4. The maximum absolute atomic E-state index is 12.8. The Morgan fingerprint density at radius 3 is 2.64 bits per heavy atom. The number of rotatable bonds is 4. The molecule has 1 saturated heterocycles. The molecule has 0 radical (unpaired) electrons. The number of methoxy groups -OCH3 is 1. The van der Waals surface area contributed by atoms with Crippen LogP contribution in [0.5, 0.6) is 5.75 Å². The Balaban J connectivity index is 1.40. The van der Waals surface area contributed by atoms with Crippen LogP contribution in [0.1, 0.15) is 21.7 Å². The molecule has 0 unspecified atom stereocenters. The third-order valence-electron chi connectivity index (χ3n) is 5.18. The molecule has 3 aromatic rings. The molecule has 5 nitrogen and oxygen atoms in total. The molecule has 1 aromatic heterocycles. The lowest BCUT2D eigenvalue weighted by Gasteiger charge is -2.34. The largest absolute Gasteiger partial charge is 0.496 e. The zero-order valence-corrected chi connectivity index (χ0v) is 16.8. The fourth-order valence-electron chi connectivity index (χ4n) is 3.64. The Bertz CT molecular complexity index is 1010. The predicted molar refractivity (Wildman–Crippen MR) is 110 cm³/mol. The Kier molecular flexibility index (Phi) is 5.29. The van der Waals surface area contributed by atoms with Crippen LogP contribution in [0, 0.1) is 6.92 Å². The molecule has 6 heteroatoms. The van der Waals surface area contributed by atoms with E-state index in [0.29, 0.717) is 23.9 Å². The summed E-state index contributed by atoms with van der Waals surface area (Å²) in [4.78, 5) is 17.0. The first-order valence-corrected chi connectivity index (χ1v) is 9.75. The molecule has 2 heterocycles. The highest BCUT2D eigenvalue weighted by molar-refractivity contribution is 6.30. The minimum absolute atomic E-state index is 0.0474. The minimum Gasteiger partial charge on any atom is -0.496 e. The van der Waals surface area contributed by atoms with Crippen molar-refractivity contribution in [2.24, 2.45) is 0 Å². The summed E-state index contributed by atoms with van der Waals surface area (Å²) in [5.74, 6) is 1.19. The maximum atomic E-state index is 12.8. The first-order chi connectivity index (χ1) is 13.5. The number of aryl methyl sites for hydroxylation is 1. The average Bonchev–Trinajstić information content (AvgIpc) is 3.11. The van der Waals surface area contributed by atoms with Gasteiger partial charge in [-0.25, -0.2) is 0 Å². The number of ether oxygens (including phenoxy) is 1. The van der Waals surface area contributed by atoms with Crippen molar-refractivity contribution < 1.29 is 13.9 Å². The number of halogens is 1. The van der Waals surface area contributed by atoms with Crippen LogP contribution in [0.15, 0.2) is 46.9 Å². The van der Waals surface area contributed by atoms with Crippen LogP contribution in [-0.2, 0) is 6.54 Å². The number of nitrogens with zero attached hydrogens (tertiary/aromatic N) is 2. The molecule has 2 aromatic carbocycles. The Morgan fingerprint density at radius 1 is 1.11 bits per heavy atom. The van der Waals surface area contributed by atoms with Crippen molar-refractivity contribution in [1.29, 1.82) is 0 Å². The standard InChI is InChI=1S/C22H23ClN2O3/c1-15-3-5-20-16(11-15)13-21(28-20)22(26)25-9-7-24(8-10-25)14-17-12-18(23)4-6-19(17)27-2/h3-6,11-13H,7-10,14H2,1-2H3. The van der Waals surface area contributed by atoms with Crippen molar-refractivity contribution >= 4 is 28.5 Å². The minimum atomic E-state index is -0.0474. The summed E-state index contributed by atoms with van der Waals surface area (Å²) < 4.78 is 11.2. The van der Waals surface area contributed by atoms with Gasteiger partial charge in [0.25, 0.3) is 5.91 Å². The molecule has 28 heavy (non-hydrogen) atoms. The van der Waals surface area contributed by atoms with Crippen LogP contribution in [0.4, 0.5) is 0 Å².